The Kier molecular flexibility index (Phi) is 4.32. The topological polar surface area (TPSA) is 86.7 Å². The Labute approximate surface area is 152 Å². The molecular formula is C18H13N5O2S. The molecule has 7 nitrogen and oxygen atoms in total. The molecule has 0 saturated carbocycles. The van der Waals surface area contributed by atoms with Gasteiger partial charge in [-0.05, 0) is 12.1 Å². The van der Waals surface area contributed by atoms with Crippen LogP contribution in [0, 0.1) is 10.1 Å². The number of nitrogens with zero attached hydrogens (tertiary/aromatic N) is 5. The minimum Gasteiger partial charge on any atom is -0.258 e. The molecule has 0 aliphatic carbocycles. The molecule has 0 bridgehead atoms. The van der Waals surface area contributed by atoms with Crippen LogP contribution in [0.4, 0.5) is 5.69 Å². The maximum Gasteiger partial charge on any atom is 0.273 e. The molecule has 0 unspecified atom stereocenters. The second-order valence-corrected chi connectivity index (χ2v) is 6.45. The van der Waals surface area contributed by atoms with Gasteiger partial charge in [-0.15, -0.1) is 11.8 Å². The molecule has 0 N–H and O–H groups in total. The van der Waals surface area contributed by atoms with E-state index in [1.54, 1.807) is 29.1 Å². The molecule has 2 aromatic carbocycles. The quantitative estimate of drug-likeness (QED) is 0.230. The first kappa shape index (κ1) is 16.2. The number of nitro benzene ring substituents is 1. The van der Waals surface area contributed by atoms with Crippen LogP contribution in [0.1, 0.15) is 5.56 Å². The van der Waals surface area contributed by atoms with Gasteiger partial charge in [0.1, 0.15) is 11.4 Å². The second kappa shape index (κ2) is 6.93. The van der Waals surface area contributed by atoms with E-state index in [2.05, 4.69) is 15.1 Å². The minimum absolute atomic E-state index is 0.116. The van der Waals surface area contributed by atoms with Crippen molar-refractivity contribution in [2.75, 3.05) is 0 Å². The summed E-state index contributed by atoms with van der Waals surface area (Å²) >= 11 is 1.43. The average molecular weight is 363 g/mol. The molecule has 128 valence electrons. The van der Waals surface area contributed by atoms with Crippen molar-refractivity contribution >= 4 is 28.5 Å². The summed E-state index contributed by atoms with van der Waals surface area (Å²) in [4.78, 5) is 19.5. The van der Waals surface area contributed by atoms with Crippen LogP contribution in [-0.4, -0.2) is 24.7 Å². The number of fused-ring (bicyclic) bond motifs is 1. The van der Waals surface area contributed by atoms with Gasteiger partial charge < -0.3 is 0 Å². The van der Waals surface area contributed by atoms with E-state index in [1.807, 2.05) is 30.3 Å². The van der Waals surface area contributed by atoms with E-state index in [9.17, 15) is 10.1 Å². The smallest absolute Gasteiger partial charge is 0.258 e. The standard InChI is InChI=1S/C18H13N5O2S/c24-23(25)16-9-5-4-6-13(16)11-26-18-15-10-21-22(17(15)19-12-20-18)14-7-2-1-3-8-14/h1-10,12H,11H2. The number of thioether (sulfide) groups is 1. The number of para-hydroxylation sites is 2. The third-order valence-corrected chi connectivity index (χ3v) is 4.94. The molecule has 26 heavy (non-hydrogen) atoms. The second-order valence-electron chi connectivity index (χ2n) is 5.48. The van der Waals surface area contributed by atoms with Crippen LogP contribution >= 0.6 is 11.8 Å². The van der Waals surface area contributed by atoms with E-state index in [0.29, 0.717) is 17.0 Å². The van der Waals surface area contributed by atoms with Crippen LogP contribution < -0.4 is 0 Å². The summed E-state index contributed by atoms with van der Waals surface area (Å²) in [5.41, 5.74) is 2.39. The summed E-state index contributed by atoms with van der Waals surface area (Å²) in [6.07, 6.45) is 3.22. The van der Waals surface area contributed by atoms with Gasteiger partial charge in [0.15, 0.2) is 5.65 Å². The molecular weight excluding hydrogens is 350 g/mol. The molecule has 2 aromatic heterocycles. The van der Waals surface area contributed by atoms with E-state index in [4.69, 9.17) is 0 Å². The maximum absolute atomic E-state index is 11.2. The molecule has 0 aliphatic heterocycles. The van der Waals surface area contributed by atoms with Crippen molar-refractivity contribution in [3.8, 4) is 5.69 Å². The van der Waals surface area contributed by atoms with Crippen LogP contribution in [0.2, 0.25) is 0 Å². The van der Waals surface area contributed by atoms with Crippen LogP contribution in [0.25, 0.3) is 16.7 Å². The van der Waals surface area contributed by atoms with Gasteiger partial charge >= 0.3 is 0 Å². The SMILES string of the molecule is O=[N+]([O-])c1ccccc1CSc1ncnc2c1cnn2-c1ccccc1. The number of hydrogen-bond acceptors (Lipinski definition) is 6. The lowest BCUT2D eigenvalue weighted by atomic mass is 10.2. The molecule has 2 heterocycles. The van der Waals surface area contributed by atoms with E-state index in [0.717, 1.165) is 16.1 Å². The van der Waals surface area contributed by atoms with E-state index < -0.39 is 0 Å². The van der Waals surface area contributed by atoms with Crippen LogP contribution in [0.3, 0.4) is 0 Å². The molecule has 4 rings (SSSR count). The van der Waals surface area contributed by atoms with Gasteiger partial charge in [0.2, 0.25) is 0 Å². The first-order valence-corrected chi connectivity index (χ1v) is 8.82. The van der Waals surface area contributed by atoms with E-state index >= 15 is 0 Å². The van der Waals surface area contributed by atoms with Crippen molar-refractivity contribution in [1.29, 1.82) is 0 Å². The summed E-state index contributed by atoms with van der Waals surface area (Å²) in [5.74, 6) is 0.444. The van der Waals surface area contributed by atoms with Gasteiger partial charge in [0, 0.05) is 17.4 Å². The van der Waals surface area contributed by atoms with E-state index in [1.165, 1.54) is 24.2 Å². The van der Waals surface area contributed by atoms with Gasteiger partial charge in [0.25, 0.3) is 5.69 Å². The lowest BCUT2D eigenvalue weighted by molar-refractivity contribution is -0.385. The van der Waals surface area contributed by atoms with Crippen LogP contribution in [-0.2, 0) is 5.75 Å². The third-order valence-electron chi connectivity index (χ3n) is 3.88. The van der Waals surface area contributed by atoms with Gasteiger partial charge in [-0.1, -0.05) is 36.4 Å². The number of rotatable bonds is 5. The van der Waals surface area contributed by atoms with Crippen molar-refractivity contribution in [3.63, 3.8) is 0 Å². The molecule has 0 radical (unpaired) electrons. The lowest BCUT2D eigenvalue weighted by Gasteiger charge is -2.05. The van der Waals surface area contributed by atoms with E-state index in [-0.39, 0.29) is 10.6 Å². The Bertz CT molecular complexity index is 1080. The summed E-state index contributed by atoms with van der Waals surface area (Å²) < 4.78 is 1.76. The zero-order valence-corrected chi connectivity index (χ0v) is 14.3. The molecule has 0 spiro atoms. The van der Waals surface area contributed by atoms with Crippen molar-refractivity contribution in [2.24, 2.45) is 0 Å². The Hall–Kier alpha value is -3.26. The monoisotopic (exact) mass is 363 g/mol. The first-order chi connectivity index (χ1) is 12.7. The molecule has 0 atom stereocenters. The van der Waals surface area contributed by atoms with Crippen LogP contribution in [0.5, 0.6) is 0 Å². The summed E-state index contributed by atoms with van der Waals surface area (Å²) in [5, 5.41) is 17.1. The maximum atomic E-state index is 11.2. The summed E-state index contributed by atoms with van der Waals surface area (Å²) in [6, 6.07) is 16.5. The predicted octanol–water partition coefficient (Wildman–Crippen LogP) is 4.02. The van der Waals surface area contributed by atoms with Crippen molar-refractivity contribution in [2.45, 2.75) is 10.8 Å². The van der Waals surface area contributed by atoms with Gasteiger partial charge in [-0.2, -0.15) is 5.10 Å². The van der Waals surface area contributed by atoms with Crippen LogP contribution in [0.15, 0.2) is 72.1 Å². The largest absolute Gasteiger partial charge is 0.273 e. The lowest BCUT2D eigenvalue weighted by Crippen LogP contribution is -1.97. The third kappa shape index (κ3) is 3.02. The fourth-order valence-electron chi connectivity index (χ4n) is 2.65. The average Bonchev–Trinajstić information content (AvgIpc) is 3.12. The molecule has 4 aromatic rings. The zero-order valence-electron chi connectivity index (χ0n) is 13.5. The normalized spacial score (nSPS) is 10.9. The fourth-order valence-corrected chi connectivity index (χ4v) is 3.61. The number of hydrogen-bond donors (Lipinski definition) is 0. The molecule has 0 fully saturated rings. The Morgan fingerprint density at radius 3 is 2.62 bits per heavy atom. The molecule has 8 heteroatoms. The first-order valence-electron chi connectivity index (χ1n) is 7.83. The van der Waals surface area contributed by atoms with Crippen molar-refractivity contribution in [1.82, 2.24) is 19.7 Å². The number of nitro groups is 1. The van der Waals surface area contributed by atoms with Crippen molar-refractivity contribution in [3.05, 3.63) is 82.8 Å². The molecule has 0 saturated heterocycles. The van der Waals surface area contributed by atoms with Crippen molar-refractivity contribution < 1.29 is 4.92 Å². The Morgan fingerprint density at radius 2 is 1.81 bits per heavy atom. The fraction of sp³-hybridized carbons (Fsp3) is 0.0556. The number of aromatic nitrogens is 4. The summed E-state index contributed by atoms with van der Waals surface area (Å²) in [6.45, 7) is 0. The Balaban J connectivity index is 1.67. The van der Waals surface area contributed by atoms with Gasteiger partial charge in [-0.25, -0.2) is 14.6 Å². The summed E-state index contributed by atoms with van der Waals surface area (Å²) in [7, 11) is 0. The Morgan fingerprint density at radius 1 is 1.04 bits per heavy atom. The highest BCUT2D eigenvalue weighted by Gasteiger charge is 2.15. The highest BCUT2D eigenvalue weighted by atomic mass is 32.2. The molecule has 0 aliphatic rings. The highest BCUT2D eigenvalue weighted by Crippen LogP contribution is 2.30. The highest BCUT2D eigenvalue weighted by molar-refractivity contribution is 7.98. The predicted molar refractivity (Wildman–Crippen MR) is 99.3 cm³/mol. The molecule has 0 amide bonds. The van der Waals surface area contributed by atoms with Gasteiger partial charge in [0.05, 0.1) is 22.2 Å². The number of benzene rings is 2. The minimum atomic E-state index is -0.362. The zero-order chi connectivity index (χ0) is 17.9. The van der Waals surface area contributed by atoms with Gasteiger partial charge in [-0.3, -0.25) is 10.1 Å².